The molecule has 9 heteroatoms. The van der Waals surface area contributed by atoms with Crippen molar-refractivity contribution in [2.75, 3.05) is 7.11 Å². The number of nitrogens with zero attached hydrogens (tertiary/aromatic N) is 5. The number of aryl methyl sites for hydroxylation is 1. The molecule has 33 heavy (non-hydrogen) atoms. The summed E-state index contributed by atoms with van der Waals surface area (Å²) in [4.78, 5) is 4.25. The molecule has 0 spiro atoms. The topological polar surface area (TPSA) is 57.8 Å². The Morgan fingerprint density at radius 2 is 1.85 bits per heavy atom. The third kappa shape index (κ3) is 3.79. The molecule has 0 aliphatic carbocycles. The first-order valence-corrected chi connectivity index (χ1v) is 10.4. The number of fused-ring (bicyclic) bond motifs is 1. The Hall–Kier alpha value is -3.88. The highest BCUT2D eigenvalue weighted by Crippen LogP contribution is 2.35. The van der Waals surface area contributed by atoms with Crippen LogP contribution in [-0.2, 0) is 6.54 Å². The highest BCUT2D eigenvalue weighted by atomic mass is 19.2. The first-order chi connectivity index (χ1) is 15.9. The Morgan fingerprint density at radius 3 is 2.55 bits per heavy atom. The summed E-state index contributed by atoms with van der Waals surface area (Å²) in [5.74, 6) is -2.29. The number of methoxy groups -OCH3 is 1. The molecule has 0 amide bonds. The third-order valence-electron chi connectivity index (χ3n) is 5.79. The van der Waals surface area contributed by atoms with Crippen LogP contribution in [0, 0.1) is 24.4 Å². The van der Waals surface area contributed by atoms with Crippen LogP contribution < -0.4 is 4.74 Å². The lowest BCUT2D eigenvalue weighted by atomic mass is 9.97. The van der Waals surface area contributed by atoms with Gasteiger partial charge in [0.1, 0.15) is 11.6 Å². The second kappa shape index (κ2) is 8.23. The van der Waals surface area contributed by atoms with Crippen LogP contribution in [0.15, 0.2) is 42.9 Å². The van der Waals surface area contributed by atoms with Gasteiger partial charge in [0.05, 0.1) is 24.8 Å². The van der Waals surface area contributed by atoms with Gasteiger partial charge in [-0.15, -0.1) is 10.2 Å². The minimum atomic E-state index is -1.47. The fourth-order valence-electron chi connectivity index (χ4n) is 4.15. The normalized spacial score (nSPS) is 15.4. The molecule has 1 atom stereocenters. The van der Waals surface area contributed by atoms with Gasteiger partial charge in [0, 0.05) is 18.7 Å². The number of rotatable bonds is 5. The molecular weight excluding hydrogens is 431 g/mol. The lowest BCUT2D eigenvalue weighted by Crippen LogP contribution is -2.02. The Morgan fingerprint density at radius 1 is 1.06 bits per heavy atom. The van der Waals surface area contributed by atoms with E-state index in [2.05, 4.69) is 15.2 Å². The maximum absolute atomic E-state index is 13.7. The van der Waals surface area contributed by atoms with E-state index in [1.807, 2.05) is 52.6 Å². The Balaban J connectivity index is 1.41. The van der Waals surface area contributed by atoms with Crippen molar-refractivity contribution in [2.45, 2.75) is 25.8 Å². The van der Waals surface area contributed by atoms with Gasteiger partial charge in [-0.3, -0.25) is 0 Å². The van der Waals surface area contributed by atoms with Crippen LogP contribution in [-0.4, -0.2) is 31.4 Å². The minimum absolute atomic E-state index is 0.345. The van der Waals surface area contributed by atoms with Crippen LogP contribution in [0.4, 0.5) is 13.2 Å². The average molecular weight is 451 g/mol. The van der Waals surface area contributed by atoms with E-state index in [1.165, 1.54) is 0 Å². The maximum atomic E-state index is 13.7. The zero-order valence-corrected chi connectivity index (χ0v) is 18.0. The number of halogens is 3. The molecule has 1 aliphatic heterocycles. The monoisotopic (exact) mass is 451 g/mol. The van der Waals surface area contributed by atoms with Crippen molar-refractivity contribution in [3.05, 3.63) is 88.8 Å². The number of hydrogen-bond acceptors (Lipinski definition) is 4. The average Bonchev–Trinajstić information content (AvgIpc) is 3.52. The Kier molecular flexibility index (Phi) is 5.24. The summed E-state index contributed by atoms with van der Waals surface area (Å²) in [6.45, 7) is 2.51. The number of hydrogen-bond donors (Lipinski definition) is 0. The van der Waals surface area contributed by atoms with Crippen molar-refractivity contribution >= 4 is 12.2 Å². The van der Waals surface area contributed by atoms with Crippen molar-refractivity contribution in [1.29, 1.82) is 0 Å². The molecule has 4 aromatic rings. The first-order valence-electron chi connectivity index (χ1n) is 10.4. The van der Waals surface area contributed by atoms with Crippen molar-refractivity contribution in [2.24, 2.45) is 0 Å². The molecule has 0 saturated carbocycles. The van der Waals surface area contributed by atoms with Crippen LogP contribution in [0.5, 0.6) is 5.75 Å². The summed E-state index contributed by atoms with van der Waals surface area (Å²) >= 11 is 0. The zero-order valence-electron chi connectivity index (χ0n) is 18.0. The van der Waals surface area contributed by atoms with Crippen LogP contribution in [0.25, 0.3) is 17.8 Å². The zero-order chi connectivity index (χ0) is 23.1. The van der Waals surface area contributed by atoms with E-state index in [9.17, 15) is 13.2 Å². The van der Waals surface area contributed by atoms with Gasteiger partial charge in [-0.1, -0.05) is 12.1 Å². The van der Waals surface area contributed by atoms with Gasteiger partial charge in [0.2, 0.25) is 0 Å². The van der Waals surface area contributed by atoms with E-state index >= 15 is 0 Å². The van der Waals surface area contributed by atoms with Gasteiger partial charge in [-0.25, -0.2) is 18.2 Å². The lowest BCUT2D eigenvalue weighted by Gasteiger charge is -2.10. The Labute approximate surface area is 188 Å². The summed E-state index contributed by atoms with van der Waals surface area (Å²) in [6.07, 6.45) is 7.98. The van der Waals surface area contributed by atoms with Gasteiger partial charge >= 0.3 is 0 Å². The highest BCUT2D eigenvalue weighted by molar-refractivity contribution is 5.69. The lowest BCUT2D eigenvalue weighted by molar-refractivity contribution is 0.413. The summed E-state index contributed by atoms with van der Waals surface area (Å²) < 4.78 is 50.1. The molecule has 168 valence electrons. The van der Waals surface area contributed by atoms with Gasteiger partial charge in [-0.2, -0.15) is 0 Å². The Bertz CT molecular complexity index is 1350. The molecule has 0 bridgehead atoms. The molecule has 0 N–H and O–H groups in total. The molecular formula is C24H20F3N5O. The number of aromatic nitrogens is 5. The fraction of sp³-hybridized carbons (Fsp3) is 0.208. The van der Waals surface area contributed by atoms with E-state index in [0.717, 1.165) is 29.1 Å². The minimum Gasteiger partial charge on any atom is -0.495 e. The van der Waals surface area contributed by atoms with E-state index in [4.69, 9.17) is 4.74 Å². The summed E-state index contributed by atoms with van der Waals surface area (Å²) in [6, 6.07) is 7.87. The second-order valence-corrected chi connectivity index (χ2v) is 7.89. The summed E-state index contributed by atoms with van der Waals surface area (Å²) in [5, 5.41) is 8.45. The molecule has 6 nitrogen and oxygen atoms in total. The third-order valence-corrected chi connectivity index (χ3v) is 5.79. The van der Waals surface area contributed by atoms with Crippen molar-refractivity contribution in [3.63, 3.8) is 0 Å². The molecule has 2 aromatic carbocycles. The quantitative estimate of drug-likeness (QED) is 0.405. The van der Waals surface area contributed by atoms with E-state index in [-0.39, 0.29) is 5.92 Å². The first kappa shape index (κ1) is 21.0. The van der Waals surface area contributed by atoms with Crippen molar-refractivity contribution < 1.29 is 17.9 Å². The van der Waals surface area contributed by atoms with Gasteiger partial charge < -0.3 is 13.9 Å². The number of imidazole rings is 1. The molecule has 0 saturated heterocycles. The van der Waals surface area contributed by atoms with Crippen LogP contribution in [0.1, 0.15) is 40.8 Å². The number of ether oxygens (including phenoxy) is 1. The van der Waals surface area contributed by atoms with Crippen LogP contribution in [0.2, 0.25) is 0 Å². The standard InChI is InChI=1S/C24H20F3N5O/c1-14-12-31(13-28-14)20-5-3-15(9-21(20)33-2)4-6-22-29-30-24-17(7-8-32(22)24)16-10-18(25)23(27)19(26)11-16/h3-6,9-13,17H,7-8H2,1-2H3/b6-4+/t17-/m0/s1. The van der Waals surface area contributed by atoms with Crippen molar-refractivity contribution in [1.82, 2.24) is 24.3 Å². The maximum Gasteiger partial charge on any atom is 0.194 e. The van der Waals surface area contributed by atoms with Gasteiger partial charge in [-0.05, 0) is 54.8 Å². The SMILES string of the molecule is COc1cc(/C=C/c2nnc3n2CC[C@H]3c2cc(F)c(F)c(F)c2)ccc1-n1cnc(C)c1. The molecule has 5 rings (SSSR count). The predicted molar refractivity (Wildman–Crippen MR) is 117 cm³/mol. The van der Waals surface area contributed by atoms with E-state index in [1.54, 1.807) is 13.4 Å². The summed E-state index contributed by atoms with van der Waals surface area (Å²) in [5.41, 5.74) is 3.04. The molecule has 0 radical (unpaired) electrons. The molecule has 0 unspecified atom stereocenters. The van der Waals surface area contributed by atoms with E-state index in [0.29, 0.717) is 35.9 Å². The second-order valence-electron chi connectivity index (χ2n) is 7.89. The molecule has 0 fully saturated rings. The number of benzene rings is 2. The fourth-order valence-corrected chi connectivity index (χ4v) is 4.15. The van der Waals surface area contributed by atoms with E-state index < -0.39 is 17.5 Å². The molecule has 1 aliphatic rings. The van der Waals surface area contributed by atoms with Gasteiger partial charge in [0.15, 0.2) is 23.3 Å². The highest BCUT2D eigenvalue weighted by Gasteiger charge is 2.29. The molecule has 3 heterocycles. The van der Waals surface area contributed by atoms with Crippen LogP contribution >= 0.6 is 0 Å². The van der Waals surface area contributed by atoms with Gasteiger partial charge in [0.25, 0.3) is 0 Å². The largest absolute Gasteiger partial charge is 0.495 e. The smallest absolute Gasteiger partial charge is 0.194 e. The van der Waals surface area contributed by atoms with Crippen molar-refractivity contribution in [3.8, 4) is 11.4 Å². The van der Waals surface area contributed by atoms with Crippen LogP contribution in [0.3, 0.4) is 0 Å². The predicted octanol–water partition coefficient (Wildman–Crippen LogP) is 4.90. The summed E-state index contributed by atoms with van der Waals surface area (Å²) in [7, 11) is 1.61. The molecule has 2 aromatic heterocycles.